The van der Waals surface area contributed by atoms with Crippen LogP contribution in [0.5, 0.6) is 5.75 Å². The Kier molecular flexibility index (Phi) is 10.3. The molecule has 1 unspecified atom stereocenters. The first-order valence-electron chi connectivity index (χ1n) is 13.6. The minimum absolute atomic E-state index is 0.0355. The van der Waals surface area contributed by atoms with Gasteiger partial charge in [-0.3, -0.25) is 15.0 Å². The van der Waals surface area contributed by atoms with Crippen LogP contribution in [0, 0.1) is 10.1 Å². The molecule has 3 amide bonds. The number of carbonyl (C=O) groups is 4. The smallest absolute Gasteiger partial charge is 0.416 e. The normalized spacial score (nSPS) is 15.1. The first kappa shape index (κ1) is 31.3. The van der Waals surface area contributed by atoms with Gasteiger partial charge in [-0.15, -0.1) is 0 Å². The molecule has 0 aliphatic carbocycles. The Morgan fingerprint density at radius 1 is 0.886 bits per heavy atom. The molecule has 14 nitrogen and oxygen atoms in total. The van der Waals surface area contributed by atoms with Gasteiger partial charge in [-0.05, 0) is 23.3 Å². The van der Waals surface area contributed by atoms with E-state index in [4.69, 9.17) is 9.47 Å². The van der Waals surface area contributed by atoms with Gasteiger partial charge in [0.2, 0.25) is 0 Å². The first-order valence-corrected chi connectivity index (χ1v) is 13.6. The molecule has 1 fully saturated rings. The number of nitrogens with zero attached hydrogens (tertiary/aromatic N) is 4. The van der Waals surface area contributed by atoms with E-state index >= 15 is 0 Å². The fourth-order valence-electron chi connectivity index (χ4n) is 4.77. The third-order valence-corrected chi connectivity index (χ3v) is 7.04. The molecule has 4 rings (SSSR count). The molecule has 1 aliphatic rings. The van der Waals surface area contributed by atoms with Crippen molar-refractivity contribution < 1.29 is 43.8 Å². The lowest BCUT2D eigenvalue weighted by molar-refractivity contribution is -0.384. The van der Waals surface area contributed by atoms with Crippen molar-refractivity contribution in [1.82, 2.24) is 14.7 Å². The predicted octanol–water partition coefficient (Wildman–Crippen LogP) is 4.09. The molecular weight excluding hydrogens is 576 g/mol. The zero-order valence-electron chi connectivity index (χ0n) is 23.4. The third-order valence-electron chi connectivity index (χ3n) is 7.04. The highest BCUT2D eigenvalue weighted by Gasteiger charge is 2.40. The highest BCUT2D eigenvalue weighted by atomic mass is 16.6. The molecule has 3 aromatic carbocycles. The summed E-state index contributed by atoms with van der Waals surface area (Å²) >= 11 is 0. The summed E-state index contributed by atoms with van der Waals surface area (Å²) in [5, 5.41) is 30.5. The van der Waals surface area contributed by atoms with Crippen LogP contribution in [-0.4, -0.2) is 92.3 Å². The minimum atomic E-state index is -1.32. The summed E-state index contributed by atoms with van der Waals surface area (Å²) in [6.45, 7) is -1.01. The van der Waals surface area contributed by atoms with Gasteiger partial charge in [0.05, 0.1) is 11.0 Å². The zero-order valence-corrected chi connectivity index (χ0v) is 23.4. The van der Waals surface area contributed by atoms with Crippen LogP contribution >= 0.6 is 0 Å². The number of amides is 3. The second-order valence-corrected chi connectivity index (χ2v) is 9.93. The summed E-state index contributed by atoms with van der Waals surface area (Å²) < 4.78 is 11.1. The highest BCUT2D eigenvalue weighted by Crippen LogP contribution is 2.22. The number of benzene rings is 3. The van der Waals surface area contributed by atoms with Gasteiger partial charge in [0.1, 0.15) is 18.4 Å². The number of piperazine rings is 1. The standard InChI is InChI=1S/C30H30N4O10/c35-27(43-20-22-9-5-2-6-10-22)26(17-21-7-3-1-4-8-21)33(30(40)44-25-13-11-23(12-14-25)34(41)42)19-24-18-31(28(36)37)15-16-32(24)29(38)39/h1-14,24,26H,15-20H2,(H,36,37)(H,38,39)/t24?,26-/m1/s1. The quantitative estimate of drug-likeness (QED) is 0.194. The monoisotopic (exact) mass is 606 g/mol. The molecule has 0 aromatic heterocycles. The van der Waals surface area contributed by atoms with E-state index in [1.807, 2.05) is 0 Å². The SMILES string of the molecule is O=C(OCc1ccccc1)[C@@H](Cc1ccccc1)N(CC1CN(C(=O)O)CCN1C(=O)O)C(=O)Oc1ccc([N+](=O)[O-])cc1. The average molecular weight is 607 g/mol. The maximum atomic E-state index is 13.8. The number of nitro benzene ring substituents is 1. The maximum Gasteiger partial charge on any atom is 0.416 e. The van der Waals surface area contributed by atoms with E-state index in [0.717, 1.165) is 26.8 Å². The molecule has 14 heteroatoms. The Bertz CT molecular complexity index is 1470. The number of carbonyl (C=O) groups excluding carboxylic acids is 2. The number of carboxylic acid groups (broad SMARTS) is 2. The largest absolute Gasteiger partial charge is 0.465 e. The molecule has 1 saturated heterocycles. The molecule has 0 spiro atoms. The lowest BCUT2D eigenvalue weighted by Gasteiger charge is -2.41. The lowest BCUT2D eigenvalue weighted by Crippen LogP contribution is -2.62. The van der Waals surface area contributed by atoms with Gasteiger partial charge in [0.15, 0.2) is 0 Å². The van der Waals surface area contributed by atoms with E-state index in [2.05, 4.69) is 0 Å². The van der Waals surface area contributed by atoms with E-state index < -0.39 is 47.8 Å². The van der Waals surface area contributed by atoms with Crippen molar-refractivity contribution in [1.29, 1.82) is 0 Å². The molecular formula is C30H30N4O10. The summed E-state index contributed by atoms with van der Waals surface area (Å²) in [6, 6.07) is 20.0. The number of non-ortho nitro benzene ring substituents is 1. The summed E-state index contributed by atoms with van der Waals surface area (Å²) in [5.41, 5.74) is 1.12. The fraction of sp³-hybridized carbons (Fsp3) is 0.267. The van der Waals surface area contributed by atoms with E-state index in [-0.39, 0.29) is 44.1 Å². The van der Waals surface area contributed by atoms with E-state index in [1.54, 1.807) is 60.7 Å². The van der Waals surface area contributed by atoms with Crippen molar-refractivity contribution in [3.8, 4) is 5.75 Å². The first-order chi connectivity index (χ1) is 21.1. The van der Waals surface area contributed by atoms with E-state index in [9.17, 15) is 39.5 Å². The second kappa shape index (κ2) is 14.5. The Labute approximate surface area is 251 Å². The number of rotatable bonds is 10. The van der Waals surface area contributed by atoms with Crippen LogP contribution in [0.3, 0.4) is 0 Å². The van der Waals surface area contributed by atoms with Crippen LogP contribution in [0.15, 0.2) is 84.9 Å². The van der Waals surface area contributed by atoms with Crippen LogP contribution in [0.1, 0.15) is 11.1 Å². The molecule has 1 heterocycles. The second-order valence-electron chi connectivity index (χ2n) is 9.93. The molecule has 0 saturated carbocycles. The number of esters is 1. The topological polar surface area (TPSA) is 180 Å². The highest BCUT2D eigenvalue weighted by molar-refractivity contribution is 5.83. The molecule has 2 N–H and O–H groups in total. The van der Waals surface area contributed by atoms with Crippen molar-refractivity contribution >= 4 is 29.9 Å². The van der Waals surface area contributed by atoms with Crippen LogP contribution in [-0.2, 0) is 22.6 Å². The fourth-order valence-corrected chi connectivity index (χ4v) is 4.77. The van der Waals surface area contributed by atoms with Crippen LogP contribution in [0.4, 0.5) is 20.1 Å². The minimum Gasteiger partial charge on any atom is -0.465 e. The Morgan fingerprint density at radius 3 is 2.07 bits per heavy atom. The molecule has 3 aromatic rings. The lowest BCUT2D eigenvalue weighted by atomic mass is 10.0. The number of hydrogen-bond acceptors (Lipinski definition) is 8. The summed E-state index contributed by atoms with van der Waals surface area (Å²) in [6.07, 6.45) is -3.68. The van der Waals surface area contributed by atoms with Crippen molar-refractivity contribution in [2.45, 2.75) is 25.1 Å². The van der Waals surface area contributed by atoms with Gasteiger partial charge < -0.3 is 29.5 Å². The van der Waals surface area contributed by atoms with Crippen LogP contribution in [0.2, 0.25) is 0 Å². The van der Waals surface area contributed by atoms with Crippen LogP contribution < -0.4 is 4.74 Å². The molecule has 0 radical (unpaired) electrons. The van der Waals surface area contributed by atoms with Crippen molar-refractivity contribution in [3.05, 3.63) is 106 Å². The van der Waals surface area contributed by atoms with Crippen molar-refractivity contribution in [3.63, 3.8) is 0 Å². The Morgan fingerprint density at radius 2 is 1.50 bits per heavy atom. The van der Waals surface area contributed by atoms with Gasteiger partial charge in [-0.25, -0.2) is 19.2 Å². The Hall–Kier alpha value is -5.66. The number of ether oxygens (including phenoxy) is 2. The molecule has 44 heavy (non-hydrogen) atoms. The maximum absolute atomic E-state index is 13.8. The molecule has 0 bridgehead atoms. The van der Waals surface area contributed by atoms with Crippen LogP contribution in [0.25, 0.3) is 0 Å². The Balaban J connectivity index is 1.69. The van der Waals surface area contributed by atoms with Gasteiger partial charge in [0.25, 0.3) is 5.69 Å². The summed E-state index contributed by atoms with van der Waals surface area (Å²) in [5.74, 6) is -0.862. The number of nitro groups is 1. The molecule has 1 aliphatic heterocycles. The average Bonchev–Trinajstić information content (AvgIpc) is 3.02. The van der Waals surface area contributed by atoms with Crippen molar-refractivity contribution in [2.24, 2.45) is 0 Å². The number of hydrogen-bond donors (Lipinski definition) is 2. The zero-order chi connectivity index (χ0) is 31.6. The third kappa shape index (κ3) is 8.21. The van der Waals surface area contributed by atoms with E-state index in [0.29, 0.717) is 11.1 Å². The van der Waals surface area contributed by atoms with E-state index in [1.165, 1.54) is 12.1 Å². The summed E-state index contributed by atoms with van der Waals surface area (Å²) in [7, 11) is 0. The summed E-state index contributed by atoms with van der Waals surface area (Å²) in [4.78, 5) is 64.8. The molecule has 230 valence electrons. The van der Waals surface area contributed by atoms with Gasteiger partial charge >= 0.3 is 24.2 Å². The molecule has 2 atom stereocenters. The van der Waals surface area contributed by atoms with Gasteiger partial charge in [-0.2, -0.15) is 0 Å². The van der Waals surface area contributed by atoms with Gasteiger partial charge in [0, 0.05) is 44.7 Å². The van der Waals surface area contributed by atoms with Crippen molar-refractivity contribution in [2.75, 3.05) is 26.2 Å². The predicted molar refractivity (Wildman–Crippen MR) is 154 cm³/mol. The van der Waals surface area contributed by atoms with Gasteiger partial charge in [-0.1, -0.05) is 60.7 Å².